The Balaban J connectivity index is 2.39. The summed E-state index contributed by atoms with van der Waals surface area (Å²) in [6, 6.07) is 3.42. The predicted molar refractivity (Wildman–Crippen MR) is 75.1 cm³/mol. The van der Waals surface area contributed by atoms with Gasteiger partial charge in [-0.05, 0) is 12.2 Å². The molecule has 5 nitrogen and oxygen atoms in total. The van der Waals surface area contributed by atoms with Crippen LogP contribution in [0.4, 0.5) is 10.8 Å². The fourth-order valence-electron chi connectivity index (χ4n) is 1.36. The van der Waals surface area contributed by atoms with Crippen molar-refractivity contribution >= 4 is 46.0 Å². The molecule has 0 spiro atoms. The third-order valence-electron chi connectivity index (χ3n) is 2.15. The third-order valence-corrected chi connectivity index (χ3v) is 3.45. The third kappa shape index (κ3) is 2.74. The van der Waals surface area contributed by atoms with Gasteiger partial charge in [-0.25, -0.2) is 0 Å². The van der Waals surface area contributed by atoms with Crippen molar-refractivity contribution < 1.29 is 9.47 Å². The van der Waals surface area contributed by atoms with Crippen molar-refractivity contribution in [3.05, 3.63) is 21.1 Å². The largest absolute Gasteiger partial charge is 0.495 e. The Hall–Kier alpha value is -1.31. The van der Waals surface area contributed by atoms with Crippen LogP contribution in [0.1, 0.15) is 0 Å². The number of hydrogen-bond acceptors (Lipinski definition) is 6. The van der Waals surface area contributed by atoms with Gasteiger partial charge in [-0.2, -0.15) is 0 Å². The average molecular weight is 304 g/mol. The van der Waals surface area contributed by atoms with Crippen molar-refractivity contribution in [1.29, 1.82) is 0 Å². The van der Waals surface area contributed by atoms with Crippen molar-refractivity contribution in [1.82, 2.24) is 10.2 Å². The lowest BCUT2D eigenvalue weighted by Crippen LogP contribution is -1.96. The maximum Gasteiger partial charge on any atom is 0.208 e. The van der Waals surface area contributed by atoms with Gasteiger partial charge in [0, 0.05) is 12.1 Å². The minimum atomic E-state index is 0.481. The molecule has 0 radical (unpaired) electrons. The molecular weight excluding hydrogens is 294 g/mol. The van der Waals surface area contributed by atoms with Gasteiger partial charge in [0.25, 0.3) is 0 Å². The highest BCUT2D eigenvalue weighted by Gasteiger charge is 2.11. The van der Waals surface area contributed by atoms with E-state index >= 15 is 0 Å². The molecule has 8 heteroatoms. The van der Waals surface area contributed by atoms with Gasteiger partial charge in [0.1, 0.15) is 11.5 Å². The zero-order valence-electron chi connectivity index (χ0n) is 9.61. The lowest BCUT2D eigenvalue weighted by molar-refractivity contribution is 0.405. The van der Waals surface area contributed by atoms with Crippen molar-refractivity contribution in [2.75, 3.05) is 19.5 Å². The van der Waals surface area contributed by atoms with Gasteiger partial charge in [0.2, 0.25) is 5.13 Å². The second kappa shape index (κ2) is 5.55. The van der Waals surface area contributed by atoms with Crippen molar-refractivity contribution in [3.8, 4) is 11.5 Å². The summed E-state index contributed by atoms with van der Waals surface area (Å²) in [6.07, 6.45) is 0. The predicted octanol–water partition coefficient (Wildman–Crippen LogP) is 3.61. The summed E-state index contributed by atoms with van der Waals surface area (Å²) in [6.45, 7) is 0. The highest BCUT2D eigenvalue weighted by molar-refractivity contribution is 7.73. The number of halogens is 1. The molecule has 0 bridgehead atoms. The van der Waals surface area contributed by atoms with Gasteiger partial charge in [-0.1, -0.05) is 22.9 Å². The maximum absolute atomic E-state index is 6.02. The topological polar surface area (TPSA) is 59.2 Å². The Kier molecular flexibility index (Phi) is 4.05. The van der Waals surface area contributed by atoms with Crippen LogP contribution in [0.2, 0.25) is 5.02 Å². The molecule has 0 aliphatic heterocycles. The molecule has 1 aromatic carbocycles. The number of methoxy groups -OCH3 is 2. The molecule has 0 aliphatic carbocycles. The number of aromatic nitrogens is 2. The molecule has 0 amide bonds. The van der Waals surface area contributed by atoms with Gasteiger partial charge in [-0.15, -0.1) is 5.10 Å². The quantitative estimate of drug-likeness (QED) is 0.845. The highest BCUT2D eigenvalue weighted by Crippen LogP contribution is 2.37. The minimum absolute atomic E-state index is 0.481. The van der Waals surface area contributed by atoms with Gasteiger partial charge < -0.3 is 14.8 Å². The van der Waals surface area contributed by atoms with E-state index in [0.29, 0.717) is 31.3 Å². The number of aromatic amines is 1. The Morgan fingerprint density at radius 2 is 2.06 bits per heavy atom. The number of nitrogens with one attached hydrogen (secondary N) is 2. The lowest BCUT2D eigenvalue weighted by Gasteiger charge is -2.12. The van der Waals surface area contributed by atoms with Crippen molar-refractivity contribution in [2.24, 2.45) is 0 Å². The van der Waals surface area contributed by atoms with E-state index in [1.165, 1.54) is 11.3 Å². The zero-order chi connectivity index (χ0) is 13.1. The van der Waals surface area contributed by atoms with E-state index in [4.69, 9.17) is 33.3 Å². The van der Waals surface area contributed by atoms with Crippen molar-refractivity contribution in [2.45, 2.75) is 0 Å². The molecular formula is C10H10ClN3O2S2. The number of rotatable bonds is 4. The number of hydrogen-bond donors (Lipinski definition) is 2. The van der Waals surface area contributed by atoms with Crippen LogP contribution in [0.15, 0.2) is 12.1 Å². The highest BCUT2D eigenvalue weighted by atomic mass is 35.5. The Bertz CT molecular complexity index is 611. The average Bonchev–Trinajstić information content (AvgIpc) is 2.76. The van der Waals surface area contributed by atoms with E-state index < -0.39 is 0 Å². The number of anilines is 2. The summed E-state index contributed by atoms with van der Waals surface area (Å²) in [5.74, 6) is 1.15. The maximum atomic E-state index is 6.02. The summed E-state index contributed by atoms with van der Waals surface area (Å²) in [7, 11) is 3.12. The van der Waals surface area contributed by atoms with E-state index in [1.807, 2.05) is 0 Å². The molecule has 2 N–H and O–H groups in total. The van der Waals surface area contributed by atoms with Gasteiger partial charge in [-0.3, -0.25) is 5.10 Å². The molecule has 96 valence electrons. The molecule has 0 saturated carbocycles. The standard InChI is InChI=1S/C10H10ClN3O2S2/c1-15-7-4-6(8(16-2)3-5(7)11)12-9-13-14-10(17)18-9/h3-4H,1-2H3,(H,12,13)(H,14,17). The Morgan fingerprint density at radius 1 is 1.33 bits per heavy atom. The van der Waals surface area contributed by atoms with Gasteiger partial charge in [0.15, 0.2) is 3.95 Å². The summed E-state index contributed by atoms with van der Waals surface area (Å²) in [5, 5.41) is 10.9. The van der Waals surface area contributed by atoms with Crippen LogP contribution in [0, 0.1) is 3.95 Å². The van der Waals surface area contributed by atoms with E-state index in [0.717, 1.165) is 0 Å². The van der Waals surface area contributed by atoms with Gasteiger partial charge in [0.05, 0.1) is 24.9 Å². The molecule has 2 aromatic rings. The molecule has 0 atom stereocenters. The normalized spacial score (nSPS) is 10.2. The first-order valence-corrected chi connectivity index (χ1v) is 6.48. The van der Waals surface area contributed by atoms with Crippen LogP contribution in [-0.4, -0.2) is 24.4 Å². The van der Waals surface area contributed by atoms with Crippen LogP contribution in [0.3, 0.4) is 0 Å². The van der Waals surface area contributed by atoms with Crippen LogP contribution < -0.4 is 14.8 Å². The first-order valence-electron chi connectivity index (χ1n) is 4.88. The van der Waals surface area contributed by atoms with E-state index in [1.54, 1.807) is 26.4 Å². The Morgan fingerprint density at radius 3 is 2.61 bits per heavy atom. The first kappa shape index (κ1) is 13.1. The van der Waals surface area contributed by atoms with Crippen LogP contribution in [0.25, 0.3) is 0 Å². The Labute approximate surface area is 118 Å². The summed E-state index contributed by atoms with van der Waals surface area (Å²) < 4.78 is 11.0. The van der Waals surface area contributed by atoms with Crippen LogP contribution in [0.5, 0.6) is 11.5 Å². The number of H-pyrrole nitrogens is 1. The van der Waals surface area contributed by atoms with Crippen LogP contribution >= 0.6 is 35.2 Å². The summed E-state index contributed by atoms with van der Waals surface area (Å²) >= 11 is 12.3. The molecule has 0 saturated heterocycles. The minimum Gasteiger partial charge on any atom is -0.495 e. The number of ether oxygens (including phenoxy) is 2. The fourth-order valence-corrected chi connectivity index (χ4v) is 2.39. The monoisotopic (exact) mass is 303 g/mol. The van der Waals surface area contributed by atoms with E-state index in [9.17, 15) is 0 Å². The number of benzene rings is 1. The smallest absolute Gasteiger partial charge is 0.208 e. The van der Waals surface area contributed by atoms with Gasteiger partial charge >= 0.3 is 0 Å². The van der Waals surface area contributed by atoms with Crippen LogP contribution in [-0.2, 0) is 0 Å². The second-order valence-electron chi connectivity index (χ2n) is 3.23. The molecule has 0 unspecified atom stereocenters. The molecule has 2 rings (SSSR count). The van der Waals surface area contributed by atoms with E-state index in [2.05, 4.69) is 15.5 Å². The molecule has 1 aromatic heterocycles. The lowest BCUT2D eigenvalue weighted by atomic mass is 10.2. The number of nitrogens with zero attached hydrogens (tertiary/aromatic N) is 1. The SMILES string of the molecule is COc1cc(Nc2n[nH]c(=S)s2)c(OC)cc1Cl. The zero-order valence-corrected chi connectivity index (χ0v) is 12.0. The molecule has 0 fully saturated rings. The molecule has 1 heterocycles. The molecule has 0 aliphatic rings. The van der Waals surface area contributed by atoms with E-state index in [-0.39, 0.29) is 0 Å². The second-order valence-corrected chi connectivity index (χ2v) is 5.30. The molecule has 18 heavy (non-hydrogen) atoms. The summed E-state index contributed by atoms with van der Waals surface area (Å²) in [4.78, 5) is 0. The first-order chi connectivity index (χ1) is 8.63. The van der Waals surface area contributed by atoms with Crippen molar-refractivity contribution in [3.63, 3.8) is 0 Å². The summed E-state index contributed by atoms with van der Waals surface area (Å²) in [5.41, 5.74) is 0.705. The fraction of sp³-hybridized carbons (Fsp3) is 0.200.